The number of hydrogen-bond donors (Lipinski definition) is 1. The molecule has 156 valence electrons. The van der Waals surface area contributed by atoms with E-state index < -0.39 is 0 Å². The largest absolute Gasteiger partial charge is 0.309 e. The molecule has 4 rings (SSSR count). The first-order valence-electron chi connectivity index (χ1n) is 10.9. The number of benzene rings is 1. The van der Waals surface area contributed by atoms with Gasteiger partial charge in [-0.1, -0.05) is 37.5 Å². The first-order chi connectivity index (χ1) is 14.7. The molecule has 1 amide bonds. The highest BCUT2D eigenvalue weighted by molar-refractivity contribution is 5.90. The van der Waals surface area contributed by atoms with Crippen molar-refractivity contribution >= 4 is 11.7 Å². The molecule has 0 spiro atoms. The van der Waals surface area contributed by atoms with Crippen molar-refractivity contribution in [3.63, 3.8) is 0 Å². The Morgan fingerprint density at radius 3 is 2.63 bits per heavy atom. The predicted molar refractivity (Wildman–Crippen MR) is 117 cm³/mol. The summed E-state index contributed by atoms with van der Waals surface area (Å²) in [6.07, 6.45) is 17.3. The number of nitrogens with zero attached hydrogens (tertiary/aromatic N) is 2. The average molecular weight is 406 g/mol. The summed E-state index contributed by atoms with van der Waals surface area (Å²) in [5.74, 6) is 0.732. The summed E-state index contributed by atoms with van der Waals surface area (Å²) in [4.78, 5) is 22.0. The SMILES string of the molecule is O=C(CC1CCCCC1)Nc1ncc(-c2ccc(F)cc2)nc1CC1=CCCC=C1. The second-order valence-electron chi connectivity index (χ2n) is 8.25. The summed E-state index contributed by atoms with van der Waals surface area (Å²) in [6, 6.07) is 6.24. The van der Waals surface area contributed by atoms with Crippen molar-refractivity contribution in [2.45, 2.75) is 57.8 Å². The Balaban J connectivity index is 1.56. The van der Waals surface area contributed by atoms with Crippen LogP contribution in [0.15, 0.2) is 54.3 Å². The summed E-state index contributed by atoms with van der Waals surface area (Å²) in [7, 11) is 0. The van der Waals surface area contributed by atoms with Crippen molar-refractivity contribution < 1.29 is 9.18 Å². The molecule has 1 saturated carbocycles. The molecule has 1 fully saturated rings. The Labute approximate surface area is 177 Å². The fourth-order valence-corrected chi connectivity index (χ4v) is 4.24. The van der Waals surface area contributed by atoms with Crippen LogP contribution in [0, 0.1) is 11.7 Å². The molecule has 0 aliphatic heterocycles. The van der Waals surface area contributed by atoms with Crippen LogP contribution in [0.1, 0.15) is 57.1 Å². The molecule has 2 aliphatic rings. The van der Waals surface area contributed by atoms with Crippen LogP contribution in [0.4, 0.5) is 10.2 Å². The van der Waals surface area contributed by atoms with Crippen LogP contribution >= 0.6 is 0 Å². The van der Waals surface area contributed by atoms with Crippen LogP contribution < -0.4 is 5.32 Å². The van der Waals surface area contributed by atoms with E-state index in [2.05, 4.69) is 28.5 Å². The molecule has 1 aromatic heterocycles. The van der Waals surface area contributed by atoms with Gasteiger partial charge in [-0.25, -0.2) is 14.4 Å². The van der Waals surface area contributed by atoms with E-state index in [4.69, 9.17) is 4.98 Å². The summed E-state index contributed by atoms with van der Waals surface area (Å²) >= 11 is 0. The molecule has 0 atom stereocenters. The van der Waals surface area contributed by atoms with Gasteiger partial charge in [-0.05, 0) is 61.4 Å². The Morgan fingerprint density at radius 2 is 1.90 bits per heavy atom. The molecule has 1 heterocycles. The van der Waals surface area contributed by atoms with Gasteiger partial charge < -0.3 is 5.32 Å². The third-order valence-electron chi connectivity index (χ3n) is 5.88. The molecular formula is C25H28FN3O. The van der Waals surface area contributed by atoms with Gasteiger partial charge in [-0.3, -0.25) is 4.79 Å². The fourth-order valence-electron chi connectivity index (χ4n) is 4.24. The highest BCUT2D eigenvalue weighted by Crippen LogP contribution is 2.28. The van der Waals surface area contributed by atoms with Crippen molar-refractivity contribution in [2.75, 3.05) is 5.32 Å². The highest BCUT2D eigenvalue weighted by Gasteiger charge is 2.19. The number of nitrogens with one attached hydrogen (secondary N) is 1. The minimum Gasteiger partial charge on any atom is -0.309 e. The lowest BCUT2D eigenvalue weighted by Gasteiger charge is -2.21. The Bertz CT molecular complexity index is 943. The smallest absolute Gasteiger partial charge is 0.225 e. The maximum atomic E-state index is 13.3. The Morgan fingerprint density at radius 1 is 1.10 bits per heavy atom. The summed E-state index contributed by atoms with van der Waals surface area (Å²) in [5, 5.41) is 3.01. The lowest BCUT2D eigenvalue weighted by atomic mass is 9.87. The number of aromatic nitrogens is 2. The molecule has 0 bridgehead atoms. The van der Waals surface area contributed by atoms with Gasteiger partial charge in [-0.2, -0.15) is 0 Å². The number of rotatable bonds is 6. The first kappa shape index (κ1) is 20.5. The molecule has 1 aromatic carbocycles. The van der Waals surface area contributed by atoms with E-state index in [-0.39, 0.29) is 11.7 Å². The van der Waals surface area contributed by atoms with E-state index in [0.29, 0.717) is 30.3 Å². The first-order valence-corrected chi connectivity index (χ1v) is 10.9. The van der Waals surface area contributed by atoms with Crippen molar-refractivity contribution in [3.8, 4) is 11.3 Å². The number of halogens is 1. The number of carbonyl (C=O) groups excluding carboxylic acids is 1. The van der Waals surface area contributed by atoms with Crippen LogP contribution in [-0.4, -0.2) is 15.9 Å². The molecule has 4 nitrogen and oxygen atoms in total. The number of anilines is 1. The zero-order valence-electron chi connectivity index (χ0n) is 17.2. The lowest BCUT2D eigenvalue weighted by Crippen LogP contribution is -2.20. The predicted octanol–water partition coefficient (Wildman–Crippen LogP) is 6.01. The van der Waals surface area contributed by atoms with Gasteiger partial charge in [0.25, 0.3) is 0 Å². The average Bonchev–Trinajstić information content (AvgIpc) is 2.77. The van der Waals surface area contributed by atoms with E-state index >= 15 is 0 Å². The molecule has 0 unspecified atom stereocenters. The van der Waals surface area contributed by atoms with E-state index in [1.165, 1.54) is 37.0 Å². The van der Waals surface area contributed by atoms with Crippen molar-refractivity contribution in [2.24, 2.45) is 5.92 Å². The van der Waals surface area contributed by atoms with Crippen LogP contribution in [0.25, 0.3) is 11.3 Å². The number of allylic oxidation sites excluding steroid dienone is 4. The van der Waals surface area contributed by atoms with Gasteiger partial charge in [0, 0.05) is 18.4 Å². The number of amides is 1. The van der Waals surface area contributed by atoms with E-state index in [0.717, 1.165) is 36.9 Å². The molecule has 2 aliphatic carbocycles. The van der Waals surface area contributed by atoms with Crippen LogP contribution in [-0.2, 0) is 11.2 Å². The number of carbonyl (C=O) groups is 1. The molecule has 1 N–H and O–H groups in total. The maximum Gasteiger partial charge on any atom is 0.225 e. The highest BCUT2D eigenvalue weighted by atomic mass is 19.1. The van der Waals surface area contributed by atoms with Gasteiger partial charge in [0.05, 0.1) is 17.6 Å². The maximum absolute atomic E-state index is 13.3. The molecule has 30 heavy (non-hydrogen) atoms. The zero-order chi connectivity index (χ0) is 20.8. The van der Waals surface area contributed by atoms with Crippen molar-refractivity contribution in [1.82, 2.24) is 9.97 Å². The fraction of sp³-hybridized carbons (Fsp3) is 0.400. The van der Waals surface area contributed by atoms with Crippen molar-refractivity contribution in [1.29, 1.82) is 0 Å². The van der Waals surface area contributed by atoms with Gasteiger partial charge in [-0.15, -0.1) is 0 Å². The van der Waals surface area contributed by atoms with Crippen molar-refractivity contribution in [3.05, 3.63) is 65.8 Å². The van der Waals surface area contributed by atoms with Gasteiger partial charge >= 0.3 is 0 Å². The minimum atomic E-state index is -0.281. The standard InChI is InChI=1S/C25H28FN3O/c26-21-13-11-20(12-14-21)23-17-27-25(22(28-23)15-18-7-3-1-4-8-18)29-24(30)16-19-9-5-2-6-10-19/h3,7-8,11-14,17,19H,1-2,4-6,9-10,15-16H2,(H,27,29,30). The number of hydrogen-bond acceptors (Lipinski definition) is 3. The molecule has 0 saturated heterocycles. The van der Waals surface area contributed by atoms with E-state index in [9.17, 15) is 9.18 Å². The van der Waals surface area contributed by atoms with Crippen LogP contribution in [0.3, 0.4) is 0 Å². The summed E-state index contributed by atoms with van der Waals surface area (Å²) in [6.45, 7) is 0. The summed E-state index contributed by atoms with van der Waals surface area (Å²) < 4.78 is 13.3. The van der Waals surface area contributed by atoms with E-state index in [1.54, 1.807) is 18.3 Å². The zero-order valence-corrected chi connectivity index (χ0v) is 17.2. The van der Waals surface area contributed by atoms with Crippen LogP contribution in [0.2, 0.25) is 0 Å². The monoisotopic (exact) mass is 405 g/mol. The molecular weight excluding hydrogens is 377 g/mol. The third-order valence-corrected chi connectivity index (χ3v) is 5.88. The second kappa shape index (κ2) is 9.79. The minimum absolute atomic E-state index is 0.0140. The van der Waals surface area contributed by atoms with Gasteiger partial charge in [0.1, 0.15) is 5.82 Å². The second-order valence-corrected chi connectivity index (χ2v) is 8.25. The molecule has 5 heteroatoms. The van der Waals surface area contributed by atoms with E-state index in [1.807, 2.05) is 0 Å². The Hall–Kier alpha value is -2.82. The van der Waals surface area contributed by atoms with Gasteiger partial charge in [0.15, 0.2) is 5.82 Å². The van der Waals surface area contributed by atoms with Gasteiger partial charge in [0.2, 0.25) is 5.91 Å². The third kappa shape index (κ3) is 5.41. The summed E-state index contributed by atoms with van der Waals surface area (Å²) in [5.41, 5.74) is 3.40. The lowest BCUT2D eigenvalue weighted by molar-refractivity contribution is -0.117. The molecule has 2 aromatic rings. The topological polar surface area (TPSA) is 54.9 Å². The quantitative estimate of drug-likeness (QED) is 0.640. The van der Waals surface area contributed by atoms with Crippen LogP contribution in [0.5, 0.6) is 0 Å². The Kier molecular flexibility index (Phi) is 6.67. The molecule has 0 radical (unpaired) electrons. The normalized spacial score (nSPS) is 16.9.